The number of likely N-dealkylation sites (N-methyl/N-ethyl adjacent to an activating group) is 1. The van der Waals surface area contributed by atoms with Gasteiger partial charge in [0.15, 0.2) is 0 Å². The molecule has 0 spiro atoms. The normalized spacial score (nSPS) is 19.0. The summed E-state index contributed by atoms with van der Waals surface area (Å²) in [4.78, 5) is 14.2. The molecule has 1 aliphatic rings. The third-order valence-corrected chi connectivity index (χ3v) is 5.95. The summed E-state index contributed by atoms with van der Waals surface area (Å²) in [6.45, 7) is 3.38. The number of rotatable bonds is 5. The summed E-state index contributed by atoms with van der Waals surface area (Å²) in [6.07, 6.45) is 2.09. The van der Waals surface area contributed by atoms with E-state index >= 15 is 0 Å². The first-order chi connectivity index (χ1) is 10.8. The van der Waals surface area contributed by atoms with Crippen LogP contribution in [0.25, 0.3) is 0 Å². The molecule has 2 rings (SSSR count). The minimum absolute atomic E-state index is 0.138. The van der Waals surface area contributed by atoms with E-state index in [1.165, 1.54) is 26.3 Å². The van der Waals surface area contributed by atoms with Gasteiger partial charge < -0.3 is 9.64 Å². The molecule has 1 atom stereocenters. The standard InChI is InChI=1S/C16H24N2O4S/c1-13-5-4-10-18(11-13)16(19)12-17(2)23(20,21)15-8-6-14(22-3)7-9-15/h6-9,13H,4-5,10-12H2,1-3H3. The Bertz CT molecular complexity index is 643. The molecule has 1 aromatic carbocycles. The molecule has 1 heterocycles. The lowest BCUT2D eigenvalue weighted by molar-refractivity contribution is -0.132. The Balaban J connectivity index is 2.05. The molecule has 1 fully saturated rings. The van der Waals surface area contributed by atoms with Gasteiger partial charge in [-0.3, -0.25) is 4.79 Å². The zero-order valence-electron chi connectivity index (χ0n) is 13.9. The molecule has 0 N–H and O–H groups in total. The minimum Gasteiger partial charge on any atom is -0.497 e. The topological polar surface area (TPSA) is 66.9 Å². The highest BCUT2D eigenvalue weighted by molar-refractivity contribution is 7.89. The molecule has 1 unspecified atom stereocenters. The highest BCUT2D eigenvalue weighted by Crippen LogP contribution is 2.20. The van der Waals surface area contributed by atoms with Crippen molar-refractivity contribution in [3.8, 4) is 5.75 Å². The number of carbonyl (C=O) groups excluding carboxylic acids is 1. The van der Waals surface area contributed by atoms with Crippen LogP contribution in [-0.2, 0) is 14.8 Å². The third kappa shape index (κ3) is 4.23. The molecule has 1 aliphatic heterocycles. The van der Waals surface area contributed by atoms with Crippen LogP contribution in [0.1, 0.15) is 19.8 Å². The van der Waals surface area contributed by atoms with Gasteiger partial charge in [-0.25, -0.2) is 8.42 Å². The van der Waals surface area contributed by atoms with Crippen LogP contribution in [0.2, 0.25) is 0 Å². The van der Waals surface area contributed by atoms with Crippen LogP contribution in [0.3, 0.4) is 0 Å². The van der Waals surface area contributed by atoms with Gasteiger partial charge in [0.05, 0.1) is 18.6 Å². The van der Waals surface area contributed by atoms with Crippen molar-refractivity contribution in [3.05, 3.63) is 24.3 Å². The maximum absolute atomic E-state index is 12.5. The Morgan fingerprint density at radius 3 is 2.57 bits per heavy atom. The summed E-state index contributed by atoms with van der Waals surface area (Å²) < 4.78 is 31.2. The van der Waals surface area contributed by atoms with E-state index in [4.69, 9.17) is 4.74 Å². The van der Waals surface area contributed by atoms with E-state index in [-0.39, 0.29) is 17.3 Å². The zero-order valence-corrected chi connectivity index (χ0v) is 14.7. The first-order valence-electron chi connectivity index (χ1n) is 7.72. The molecule has 1 aromatic rings. The van der Waals surface area contributed by atoms with Gasteiger partial charge in [-0.15, -0.1) is 0 Å². The van der Waals surface area contributed by atoms with Crippen LogP contribution in [0.15, 0.2) is 29.2 Å². The smallest absolute Gasteiger partial charge is 0.243 e. The van der Waals surface area contributed by atoms with Crippen LogP contribution in [-0.4, -0.2) is 57.3 Å². The summed E-state index contributed by atoms with van der Waals surface area (Å²) in [5, 5.41) is 0. The van der Waals surface area contributed by atoms with Gasteiger partial charge in [0.1, 0.15) is 5.75 Å². The van der Waals surface area contributed by atoms with Crippen LogP contribution in [0.4, 0.5) is 0 Å². The Morgan fingerprint density at radius 2 is 2.00 bits per heavy atom. The molecule has 1 amide bonds. The van der Waals surface area contributed by atoms with E-state index in [2.05, 4.69) is 6.92 Å². The lowest BCUT2D eigenvalue weighted by Gasteiger charge is -2.32. The van der Waals surface area contributed by atoms with Crippen molar-refractivity contribution < 1.29 is 17.9 Å². The quantitative estimate of drug-likeness (QED) is 0.816. The fourth-order valence-electron chi connectivity index (χ4n) is 2.72. The van der Waals surface area contributed by atoms with Gasteiger partial charge in [-0.05, 0) is 43.0 Å². The van der Waals surface area contributed by atoms with Crippen LogP contribution in [0.5, 0.6) is 5.75 Å². The van der Waals surface area contributed by atoms with E-state index < -0.39 is 10.0 Å². The Hall–Kier alpha value is -1.60. The van der Waals surface area contributed by atoms with Gasteiger partial charge in [0, 0.05) is 20.1 Å². The summed E-state index contributed by atoms with van der Waals surface area (Å²) in [5.74, 6) is 0.914. The fourth-order valence-corrected chi connectivity index (χ4v) is 3.84. The molecular weight excluding hydrogens is 316 g/mol. The van der Waals surface area contributed by atoms with E-state index in [9.17, 15) is 13.2 Å². The first-order valence-corrected chi connectivity index (χ1v) is 9.16. The predicted molar refractivity (Wildman–Crippen MR) is 87.8 cm³/mol. The maximum atomic E-state index is 12.5. The Kier molecular flexibility index (Phi) is 5.64. The number of likely N-dealkylation sites (tertiary alicyclic amines) is 1. The Morgan fingerprint density at radius 1 is 1.35 bits per heavy atom. The van der Waals surface area contributed by atoms with Crippen molar-refractivity contribution in [1.29, 1.82) is 0 Å². The fraction of sp³-hybridized carbons (Fsp3) is 0.562. The Labute approximate surface area is 138 Å². The van der Waals surface area contributed by atoms with Crippen molar-refractivity contribution in [1.82, 2.24) is 9.21 Å². The van der Waals surface area contributed by atoms with Crippen molar-refractivity contribution in [2.24, 2.45) is 5.92 Å². The van der Waals surface area contributed by atoms with Crippen molar-refractivity contribution in [2.75, 3.05) is 33.8 Å². The number of piperidine rings is 1. The molecular formula is C16H24N2O4S. The highest BCUT2D eigenvalue weighted by atomic mass is 32.2. The first kappa shape index (κ1) is 17.7. The van der Waals surface area contributed by atoms with Gasteiger partial charge in [0.25, 0.3) is 0 Å². The second-order valence-corrected chi connectivity index (χ2v) is 8.07. The molecule has 0 aliphatic carbocycles. The number of sulfonamides is 1. The van der Waals surface area contributed by atoms with Crippen LogP contribution < -0.4 is 4.74 Å². The number of methoxy groups -OCH3 is 1. The molecule has 0 aromatic heterocycles. The molecule has 0 radical (unpaired) electrons. The third-order valence-electron chi connectivity index (χ3n) is 4.14. The maximum Gasteiger partial charge on any atom is 0.243 e. The lowest BCUT2D eigenvalue weighted by Crippen LogP contribution is -2.45. The van der Waals surface area contributed by atoms with Gasteiger partial charge in [-0.2, -0.15) is 4.31 Å². The highest BCUT2D eigenvalue weighted by Gasteiger charge is 2.27. The van der Waals surface area contributed by atoms with E-state index in [0.717, 1.165) is 17.1 Å². The van der Waals surface area contributed by atoms with Crippen LogP contribution in [0, 0.1) is 5.92 Å². The average Bonchev–Trinajstić information content (AvgIpc) is 2.54. The number of amides is 1. The summed E-state index contributed by atoms with van der Waals surface area (Å²) >= 11 is 0. The average molecular weight is 340 g/mol. The van der Waals surface area contributed by atoms with Gasteiger partial charge in [0.2, 0.25) is 15.9 Å². The van der Waals surface area contributed by atoms with Crippen molar-refractivity contribution in [2.45, 2.75) is 24.7 Å². The number of ether oxygens (including phenoxy) is 1. The largest absolute Gasteiger partial charge is 0.497 e. The molecule has 1 saturated heterocycles. The molecule has 0 saturated carbocycles. The van der Waals surface area contributed by atoms with E-state index in [0.29, 0.717) is 24.8 Å². The predicted octanol–water partition coefficient (Wildman–Crippen LogP) is 1.57. The summed E-state index contributed by atoms with van der Waals surface area (Å²) in [6, 6.07) is 6.15. The van der Waals surface area contributed by atoms with Gasteiger partial charge in [-0.1, -0.05) is 6.92 Å². The van der Waals surface area contributed by atoms with Crippen molar-refractivity contribution in [3.63, 3.8) is 0 Å². The van der Waals surface area contributed by atoms with Crippen molar-refractivity contribution >= 4 is 15.9 Å². The molecule has 0 bridgehead atoms. The van der Waals surface area contributed by atoms with Gasteiger partial charge >= 0.3 is 0 Å². The number of carbonyl (C=O) groups is 1. The monoisotopic (exact) mass is 340 g/mol. The second-order valence-electron chi connectivity index (χ2n) is 6.02. The summed E-state index contributed by atoms with van der Waals surface area (Å²) in [5.41, 5.74) is 0. The second kappa shape index (κ2) is 7.31. The number of benzene rings is 1. The molecule has 23 heavy (non-hydrogen) atoms. The minimum atomic E-state index is -3.68. The van der Waals surface area contributed by atoms with E-state index in [1.807, 2.05) is 0 Å². The number of nitrogens with zero attached hydrogens (tertiary/aromatic N) is 2. The SMILES string of the molecule is COc1ccc(S(=O)(=O)N(C)CC(=O)N2CCCC(C)C2)cc1. The van der Waals surface area contributed by atoms with Crippen LogP contribution >= 0.6 is 0 Å². The van der Waals surface area contributed by atoms with E-state index in [1.54, 1.807) is 17.0 Å². The zero-order chi connectivity index (χ0) is 17.0. The number of hydrogen-bond acceptors (Lipinski definition) is 4. The summed E-state index contributed by atoms with van der Waals surface area (Å²) in [7, 11) is -0.724. The molecule has 7 heteroatoms. The molecule has 128 valence electrons. The molecule has 6 nitrogen and oxygen atoms in total. The number of hydrogen-bond donors (Lipinski definition) is 0. The lowest BCUT2D eigenvalue weighted by atomic mass is 10.0.